The quantitative estimate of drug-likeness (QED) is 0.822. The SMILES string of the molecule is CC(C)(N)CCC(=O)c1coc2ccccc12. The Hall–Kier alpha value is -1.61. The van der Waals surface area contributed by atoms with Gasteiger partial charge in [0, 0.05) is 17.3 Å². The Kier molecular flexibility index (Phi) is 3.03. The van der Waals surface area contributed by atoms with Gasteiger partial charge in [0.25, 0.3) is 0 Å². The summed E-state index contributed by atoms with van der Waals surface area (Å²) in [6.45, 7) is 3.85. The van der Waals surface area contributed by atoms with Gasteiger partial charge in [-0.1, -0.05) is 18.2 Å². The van der Waals surface area contributed by atoms with Crippen LogP contribution < -0.4 is 5.73 Å². The van der Waals surface area contributed by atoms with E-state index in [0.717, 1.165) is 11.0 Å². The molecule has 0 bridgehead atoms. The van der Waals surface area contributed by atoms with Crippen molar-refractivity contribution < 1.29 is 9.21 Å². The summed E-state index contributed by atoms with van der Waals surface area (Å²) in [4.78, 5) is 12.1. The smallest absolute Gasteiger partial charge is 0.166 e. The highest BCUT2D eigenvalue weighted by Gasteiger charge is 2.17. The van der Waals surface area contributed by atoms with Crippen LogP contribution in [0.1, 0.15) is 37.0 Å². The largest absolute Gasteiger partial charge is 0.464 e. The maximum Gasteiger partial charge on any atom is 0.166 e. The van der Waals surface area contributed by atoms with Crippen LogP contribution in [0.5, 0.6) is 0 Å². The molecule has 1 aromatic heterocycles. The lowest BCUT2D eigenvalue weighted by Crippen LogP contribution is -2.32. The van der Waals surface area contributed by atoms with E-state index in [0.29, 0.717) is 18.4 Å². The lowest BCUT2D eigenvalue weighted by Gasteiger charge is -2.16. The molecule has 0 unspecified atom stereocenters. The third-order valence-corrected chi connectivity index (χ3v) is 2.78. The van der Waals surface area contributed by atoms with Crippen LogP contribution in [0.3, 0.4) is 0 Å². The van der Waals surface area contributed by atoms with Gasteiger partial charge in [0.1, 0.15) is 11.8 Å². The highest BCUT2D eigenvalue weighted by atomic mass is 16.3. The first-order valence-electron chi connectivity index (χ1n) is 5.76. The molecule has 0 radical (unpaired) electrons. The minimum absolute atomic E-state index is 0.0912. The highest BCUT2D eigenvalue weighted by molar-refractivity contribution is 6.07. The molecule has 17 heavy (non-hydrogen) atoms. The molecule has 90 valence electrons. The van der Waals surface area contributed by atoms with Gasteiger partial charge in [0.15, 0.2) is 5.78 Å². The van der Waals surface area contributed by atoms with E-state index in [1.165, 1.54) is 6.26 Å². The molecule has 1 aromatic carbocycles. The Balaban J connectivity index is 2.20. The van der Waals surface area contributed by atoms with Crippen LogP contribution in [-0.4, -0.2) is 11.3 Å². The molecule has 0 spiro atoms. The molecule has 2 aromatic rings. The highest BCUT2D eigenvalue weighted by Crippen LogP contribution is 2.23. The van der Waals surface area contributed by atoms with Crippen LogP contribution in [-0.2, 0) is 0 Å². The van der Waals surface area contributed by atoms with E-state index in [1.807, 2.05) is 38.1 Å². The maximum atomic E-state index is 12.1. The molecular formula is C14H17NO2. The second-order valence-corrected chi connectivity index (χ2v) is 5.06. The number of hydrogen-bond acceptors (Lipinski definition) is 3. The maximum absolute atomic E-state index is 12.1. The Morgan fingerprint density at radius 2 is 2.06 bits per heavy atom. The number of benzene rings is 1. The summed E-state index contributed by atoms with van der Waals surface area (Å²) in [5, 5.41) is 0.882. The molecule has 2 rings (SSSR count). The summed E-state index contributed by atoms with van der Waals surface area (Å²) in [7, 11) is 0. The second kappa shape index (κ2) is 4.34. The van der Waals surface area contributed by atoms with E-state index in [4.69, 9.17) is 10.2 Å². The molecule has 3 heteroatoms. The van der Waals surface area contributed by atoms with Crippen molar-refractivity contribution in [3.8, 4) is 0 Å². The molecule has 0 aliphatic carbocycles. The molecule has 0 atom stereocenters. The number of Topliss-reactive ketones (excluding diaryl/α,β-unsaturated/α-hetero) is 1. The van der Waals surface area contributed by atoms with Gasteiger partial charge in [-0.25, -0.2) is 0 Å². The van der Waals surface area contributed by atoms with Crippen LogP contribution in [0.2, 0.25) is 0 Å². The van der Waals surface area contributed by atoms with Gasteiger partial charge in [-0.2, -0.15) is 0 Å². The van der Waals surface area contributed by atoms with Crippen molar-refractivity contribution in [2.24, 2.45) is 5.73 Å². The Labute approximate surface area is 101 Å². The van der Waals surface area contributed by atoms with Gasteiger partial charge >= 0.3 is 0 Å². The molecule has 0 saturated carbocycles. The van der Waals surface area contributed by atoms with Gasteiger partial charge in [0.2, 0.25) is 0 Å². The summed E-state index contributed by atoms with van der Waals surface area (Å²) >= 11 is 0. The van der Waals surface area contributed by atoms with Crippen molar-refractivity contribution in [3.05, 3.63) is 36.1 Å². The van der Waals surface area contributed by atoms with E-state index in [-0.39, 0.29) is 11.3 Å². The van der Waals surface area contributed by atoms with Gasteiger partial charge < -0.3 is 10.2 Å². The van der Waals surface area contributed by atoms with Gasteiger partial charge in [-0.05, 0) is 26.3 Å². The Morgan fingerprint density at radius 1 is 1.35 bits per heavy atom. The number of nitrogens with two attached hydrogens (primary N) is 1. The Bertz CT molecular complexity index is 534. The number of furan rings is 1. The number of carbonyl (C=O) groups excluding carboxylic acids is 1. The fraction of sp³-hybridized carbons (Fsp3) is 0.357. The zero-order valence-corrected chi connectivity index (χ0v) is 10.2. The fourth-order valence-corrected chi connectivity index (χ4v) is 1.76. The number of carbonyl (C=O) groups is 1. The first-order chi connectivity index (χ1) is 7.97. The van der Waals surface area contributed by atoms with Crippen molar-refractivity contribution in [1.82, 2.24) is 0 Å². The van der Waals surface area contributed by atoms with Crippen LogP contribution in [0.4, 0.5) is 0 Å². The number of hydrogen-bond donors (Lipinski definition) is 1. The van der Waals surface area contributed by atoms with Crippen molar-refractivity contribution in [2.45, 2.75) is 32.2 Å². The standard InChI is InChI=1S/C14H17NO2/c1-14(2,15)8-7-12(16)11-9-17-13-6-4-3-5-10(11)13/h3-6,9H,7-8,15H2,1-2H3. The minimum Gasteiger partial charge on any atom is -0.464 e. The van der Waals surface area contributed by atoms with E-state index in [2.05, 4.69) is 0 Å². The predicted octanol–water partition coefficient (Wildman–Crippen LogP) is 3.13. The van der Waals surface area contributed by atoms with Crippen LogP contribution in [0.25, 0.3) is 11.0 Å². The topological polar surface area (TPSA) is 56.2 Å². The second-order valence-electron chi connectivity index (χ2n) is 5.06. The number of para-hydroxylation sites is 1. The van der Waals surface area contributed by atoms with Gasteiger partial charge in [-0.3, -0.25) is 4.79 Å². The summed E-state index contributed by atoms with van der Waals surface area (Å²) < 4.78 is 5.35. The molecule has 2 N–H and O–H groups in total. The summed E-state index contributed by atoms with van der Waals surface area (Å²) in [6.07, 6.45) is 2.66. The zero-order chi connectivity index (χ0) is 12.5. The van der Waals surface area contributed by atoms with Crippen LogP contribution in [0.15, 0.2) is 34.9 Å². The molecular weight excluding hydrogens is 214 g/mol. The normalized spacial score (nSPS) is 11.9. The molecule has 0 fully saturated rings. The molecule has 0 amide bonds. The number of rotatable bonds is 4. The molecule has 1 heterocycles. The molecule has 0 aliphatic rings. The minimum atomic E-state index is -0.310. The predicted molar refractivity (Wildman–Crippen MR) is 68.0 cm³/mol. The van der Waals surface area contributed by atoms with E-state index < -0.39 is 0 Å². The fourth-order valence-electron chi connectivity index (χ4n) is 1.76. The van der Waals surface area contributed by atoms with E-state index in [9.17, 15) is 4.79 Å². The molecule has 3 nitrogen and oxygen atoms in total. The number of ketones is 1. The average Bonchev–Trinajstić information content (AvgIpc) is 2.68. The van der Waals surface area contributed by atoms with Crippen molar-refractivity contribution in [2.75, 3.05) is 0 Å². The zero-order valence-electron chi connectivity index (χ0n) is 10.2. The molecule has 0 aliphatic heterocycles. The Morgan fingerprint density at radius 3 is 2.76 bits per heavy atom. The first-order valence-corrected chi connectivity index (χ1v) is 5.76. The van der Waals surface area contributed by atoms with Crippen molar-refractivity contribution in [3.63, 3.8) is 0 Å². The summed E-state index contributed by atoms with van der Waals surface area (Å²) in [6, 6.07) is 7.56. The first kappa shape index (κ1) is 11.9. The number of fused-ring (bicyclic) bond motifs is 1. The lowest BCUT2D eigenvalue weighted by molar-refractivity contribution is 0.0973. The van der Waals surface area contributed by atoms with Gasteiger partial charge in [0.05, 0.1) is 5.56 Å². The molecule has 0 saturated heterocycles. The average molecular weight is 231 g/mol. The lowest BCUT2D eigenvalue weighted by atomic mass is 9.96. The van der Waals surface area contributed by atoms with Crippen LogP contribution >= 0.6 is 0 Å². The van der Waals surface area contributed by atoms with Gasteiger partial charge in [-0.15, -0.1) is 0 Å². The van der Waals surface area contributed by atoms with E-state index in [1.54, 1.807) is 0 Å². The third-order valence-electron chi connectivity index (χ3n) is 2.78. The summed E-state index contributed by atoms with van der Waals surface area (Å²) in [5.74, 6) is 0.0912. The van der Waals surface area contributed by atoms with Crippen molar-refractivity contribution >= 4 is 16.8 Å². The summed E-state index contributed by atoms with van der Waals surface area (Å²) in [5.41, 5.74) is 6.97. The van der Waals surface area contributed by atoms with Crippen LogP contribution in [0, 0.1) is 0 Å². The third kappa shape index (κ3) is 2.74. The van der Waals surface area contributed by atoms with Crippen molar-refractivity contribution in [1.29, 1.82) is 0 Å². The monoisotopic (exact) mass is 231 g/mol. The van der Waals surface area contributed by atoms with E-state index >= 15 is 0 Å².